The Labute approximate surface area is 158 Å². The van der Waals surface area contributed by atoms with Gasteiger partial charge in [-0.3, -0.25) is 4.79 Å². The van der Waals surface area contributed by atoms with E-state index in [2.05, 4.69) is 27.7 Å². The van der Waals surface area contributed by atoms with E-state index in [0.29, 0.717) is 17.9 Å². The highest BCUT2D eigenvalue weighted by Gasteiger charge is 2.25. The fraction of sp³-hybridized carbons (Fsp3) is 0.636. The summed E-state index contributed by atoms with van der Waals surface area (Å²) in [5.74, 6) is -0.222. The maximum atomic E-state index is 12.1. The Kier molecular flexibility index (Phi) is 7.86. The lowest BCUT2D eigenvalue weighted by Gasteiger charge is -2.31. The maximum absolute atomic E-state index is 12.1. The first kappa shape index (κ1) is 22.2. The standard InChI is InChI=1S/C22H34O4/c1-8-22(6,7)16(2)17-11-13-18(14-12-17)20(24)25-15-9-10-19(23)26-21(3,4)5/h11-14,16H,8-10,15H2,1-7H3. The van der Waals surface area contributed by atoms with E-state index in [-0.39, 0.29) is 30.4 Å². The molecule has 0 bridgehead atoms. The molecule has 0 aromatic heterocycles. The second-order valence-electron chi connectivity index (χ2n) is 8.51. The van der Waals surface area contributed by atoms with Crippen molar-refractivity contribution >= 4 is 11.9 Å². The van der Waals surface area contributed by atoms with E-state index in [1.165, 1.54) is 5.56 Å². The van der Waals surface area contributed by atoms with Gasteiger partial charge in [-0.2, -0.15) is 0 Å². The van der Waals surface area contributed by atoms with Gasteiger partial charge in [-0.25, -0.2) is 4.79 Å². The van der Waals surface area contributed by atoms with Gasteiger partial charge in [-0.1, -0.05) is 46.2 Å². The van der Waals surface area contributed by atoms with Crippen molar-refractivity contribution in [2.45, 2.75) is 79.2 Å². The largest absolute Gasteiger partial charge is 0.462 e. The van der Waals surface area contributed by atoms with E-state index in [1.807, 2.05) is 45.0 Å². The molecule has 0 spiro atoms. The molecule has 0 saturated carbocycles. The molecule has 1 atom stereocenters. The Morgan fingerprint density at radius 3 is 2.12 bits per heavy atom. The highest BCUT2D eigenvalue weighted by Crippen LogP contribution is 2.37. The Morgan fingerprint density at radius 1 is 1.04 bits per heavy atom. The zero-order valence-electron chi connectivity index (χ0n) is 17.3. The highest BCUT2D eigenvalue weighted by molar-refractivity contribution is 5.89. The highest BCUT2D eigenvalue weighted by atomic mass is 16.6. The summed E-state index contributed by atoms with van der Waals surface area (Å²) in [6.45, 7) is 14.6. The Hall–Kier alpha value is -1.84. The molecule has 1 aromatic rings. The van der Waals surface area contributed by atoms with Gasteiger partial charge >= 0.3 is 11.9 Å². The average molecular weight is 363 g/mol. The molecular weight excluding hydrogens is 328 g/mol. The minimum atomic E-state index is -0.487. The minimum absolute atomic E-state index is 0.207. The third-order valence-electron chi connectivity index (χ3n) is 4.91. The van der Waals surface area contributed by atoms with Crippen LogP contribution in [0.1, 0.15) is 89.6 Å². The summed E-state index contributed by atoms with van der Waals surface area (Å²) in [7, 11) is 0. The second kappa shape index (κ2) is 9.20. The number of hydrogen-bond donors (Lipinski definition) is 0. The van der Waals surface area contributed by atoms with E-state index >= 15 is 0 Å². The van der Waals surface area contributed by atoms with Crippen molar-refractivity contribution in [3.05, 3.63) is 35.4 Å². The molecule has 0 aliphatic rings. The van der Waals surface area contributed by atoms with Crippen LogP contribution in [0.15, 0.2) is 24.3 Å². The summed E-state index contributed by atoms with van der Waals surface area (Å²) in [5.41, 5.74) is 1.48. The van der Waals surface area contributed by atoms with Crippen LogP contribution in [-0.2, 0) is 14.3 Å². The molecule has 0 heterocycles. The van der Waals surface area contributed by atoms with Crippen molar-refractivity contribution in [3.63, 3.8) is 0 Å². The number of rotatable bonds is 8. The summed E-state index contributed by atoms with van der Waals surface area (Å²) < 4.78 is 10.5. The molecule has 4 nitrogen and oxygen atoms in total. The van der Waals surface area contributed by atoms with Gasteiger partial charge in [0.1, 0.15) is 5.60 Å². The fourth-order valence-corrected chi connectivity index (χ4v) is 2.52. The first-order chi connectivity index (χ1) is 12.0. The first-order valence-electron chi connectivity index (χ1n) is 9.45. The monoisotopic (exact) mass is 362 g/mol. The second-order valence-corrected chi connectivity index (χ2v) is 8.51. The van der Waals surface area contributed by atoms with Gasteiger partial charge in [-0.15, -0.1) is 0 Å². The van der Waals surface area contributed by atoms with E-state index in [9.17, 15) is 9.59 Å². The van der Waals surface area contributed by atoms with Crippen LogP contribution in [0.5, 0.6) is 0 Å². The van der Waals surface area contributed by atoms with Crippen LogP contribution in [0.3, 0.4) is 0 Å². The van der Waals surface area contributed by atoms with Crippen LogP contribution >= 0.6 is 0 Å². The quantitative estimate of drug-likeness (QED) is 0.452. The van der Waals surface area contributed by atoms with E-state index in [1.54, 1.807) is 0 Å². The Bertz CT molecular complexity index is 594. The van der Waals surface area contributed by atoms with Gasteiger partial charge in [-0.05, 0) is 56.2 Å². The van der Waals surface area contributed by atoms with E-state index in [0.717, 1.165) is 6.42 Å². The Morgan fingerprint density at radius 2 is 1.62 bits per heavy atom. The Balaban J connectivity index is 2.48. The van der Waals surface area contributed by atoms with Crippen LogP contribution in [0.2, 0.25) is 0 Å². The van der Waals surface area contributed by atoms with Crippen LogP contribution in [0.25, 0.3) is 0 Å². The summed E-state index contributed by atoms with van der Waals surface area (Å²) >= 11 is 0. The van der Waals surface area contributed by atoms with Crippen LogP contribution in [0, 0.1) is 5.41 Å². The lowest BCUT2D eigenvalue weighted by Crippen LogP contribution is -2.24. The van der Waals surface area contributed by atoms with Crippen molar-refractivity contribution in [1.29, 1.82) is 0 Å². The molecular formula is C22H34O4. The lowest BCUT2D eigenvalue weighted by atomic mass is 9.74. The summed E-state index contributed by atoms with van der Waals surface area (Å²) in [6, 6.07) is 7.63. The third-order valence-corrected chi connectivity index (χ3v) is 4.91. The predicted molar refractivity (Wildman–Crippen MR) is 104 cm³/mol. The molecule has 26 heavy (non-hydrogen) atoms. The van der Waals surface area contributed by atoms with E-state index < -0.39 is 5.60 Å². The number of carbonyl (C=O) groups is 2. The van der Waals surface area contributed by atoms with Gasteiger partial charge < -0.3 is 9.47 Å². The first-order valence-corrected chi connectivity index (χ1v) is 9.45. The number of ether oxygens (including phenoxy) is 2. The fourth-order valence-electron chi connectivity index (χ4n) is 2.52. The molecule has 1 aromatic carbocycles. The molecule has 146 valence electrons. The van der Waals surface area contributed by atoms with Crippen molar-refractivity contribution in [3.8, 4) is 0 Å². The van der Waals surface area contributed by atoms with Gasteiger partial charge in [0, 0.05) is 6.42 Å². The summed E-state index contributed by atoms with van der Waals surface area (Å²) in [6.07, 6.45) is 1.79. The molecule has 0 N–H and O–H groups in total. The van der Waals surface area contributed by atoms with Gasteiger partial charge in [0.2, 0.25) is 0 Å². The van der Waals surface area contributed by atoms with Crippen molar-refractivity contribution < 1.29 is 19.1 Å². The molecule has 0 saturated heterocycles. The molecule has 1 rings (SSSR count). The maximum Gasteiger partial charge on any atom is 0.338 e. The third kappa shape index (κ3) is 7.19. The van der Waals surface area contributed by atoms with Crippen LogP contribution in [0.4, 0.5) is 0 Å². The zero-order valence-corrected chi connectivity index (χ0v) is 17.3. The normalized spacial score (nSPS) is 13.2. The minimum Gasteiger partial charge on any atom is -0.462 e. The number of benzene rings is 1. The predicted octanol–water partition coefficient (Wildman–Crippen LogP) is 5.51. The van der Waals surface area contributed by atoms with Gasteiger partial charge in [0.05, 0.1) is 12.2 Å². The average Bonchev–Trinajstić information content (AvgIpc) is 2.56. The topological polar surface area (TPSA) is 52.6 Å². The van der Waals surface area contributed by atoms with Gasteiger partial charge in [0.15, 0.2) is 0 Å². The van der Waals surface area contributed by atoms with E-state index in [4.69, 9.17) is 9.47 Å². The number of esters is 2. The smallest absolute Gasteiger partial charge is 0.338 e. The van der Waals surface area contributed by atoms with Crippen LogP contribution < -0.4 is 0 Å². The molecule has 0 aliphatic carbocycles. The molecule has 0 fully saturated rings. The molecule has 4 heteroatoms. The summed E-state index contributed by atoms with van der Waals surface area (Å²) in [4.78, 5) is 23.7. The molecule has 0 aliphatic heterocycles. The number of carbonyl (C=O) groups excluding carboxylic acids is 2. The zero-order chi connectivity index (χ0) is 20.0. The van der Waals surface area contributed by atoms with Crippen molar-refractivity contribution in [1.82, 2.24) is 0 Å². The van der Waals surface area contributed by atoms with Crippen LogP contribution in [-0.4, -0.2) is 24.1 Å². The summed E-state index contributed by atoms with van der Waals surface area (Å²) in [5, 5.41) is 0. The van der Waals surface area contributed by atoms with Crippen molar-refractivity contribution in [2.24, 2.45) is 5.41 Å². The molecule has 0 amide bonds. The van der Waals surface area contributed by atoms with Crippen molar-refractivity contribution in [2.75, 3.05) is 6.61 Å². The SMILES string of the molecule is CCC(C)(C)C(C)c1ccc(C(=O)OCCCC(=O)OC(C)(C)C)cc1. The molecule has 0 radical (unpaired) electrons. The lowest BCUT2D eigenvalue weighted by molar-refractivity contribution is -0.155. The number of hydrogen-bond acceptors (Lipinski definition) is 4. The molecule has 1 unspecified atom stereocenters. The van der Waals surface area contributed by atoms with Gasteiger partial charge in [0.25, 0.3) is 0 Å².